The van der Waals surface area contributed by atoms with Gasteiger partial charge in [0.05, 0.1) is 6.54 Å². The molecule has 0 fully saturated rings. The molecule has 32 heavy (non-hydrogen) atoms. The van der Waals surface area contributed by atoms with E-state index in [1.165, 1.54) is 0 Å². The van der Waals surface area contributed by atoms with Gasteiger partial charge in [-0.25, -0.2) is 4.79 Å². The summed E-state index contributed by atoms with van der Waals surface area (Å²) in [5.41, 5.74) is 2.93. The van der Waals surface area contributed by atoms with Crippen molar-refractivity contribution >= 4 is 22.5 Å². The summed E-state index contributed by atoms with van der Waals surface area (Å²) in [7, 11) is 0. The van der Waals surface area contributed by atoms with Gasteiger partial charge in [0, 0.05) is 29.6 Å². The molecule has 0 atom stereocenters. The average molecular weight is 432 g/mol. The molecule has 0 aliphatic carbocycles. The van der Waals surface area contributed by atoms with Crippen molar-refractivity contribution < 1.29 is 13.9 Å². The number of ether oxygens (including phenoxy) is 1. The highest BCUT2D eigenvalue weighted by molar-refractivity contribution is 5.82. The largest absolute Gasteiger partial charge is 0.489 e. The zero-order valence-corrected chi connectivity index (χ0v) is 18.1. The summed E-state index contributed by atoms with van der Waals surface area (Å²) in [4.78, 5) is 24.9. The molecule has 0 saturated carbocycles. The van der Waals surface area contributed by atoms with E-state index in [0.29, 0.717) is 35.0 Å². The van der Waals surface area contributed by atoms with Crippen molar-refractivity contribution in [3.63, 3.8) is 0 Å². The zero-order chi connectivity index (χ0) is 22.7. The molecule has 1 amide bonds. The highest BCUT2D eigenvalue weighted by atomic mass is 16.5. The van der Waals surface area contributed by atoms with Crippen LogP contribution in [-0.4, -0.2) is 27.1 Å². The number of aryl methyl sites for hydroxylation is 1. The minimum atomic E-state index is -0.441. The quantitative estimate of drug-likeness (QED) is 0.339. The molecule has 3 heterocycles. The van der Waals surface area contributed by atoms with Gasteiger partial charge >= 0.3 is 5.63 Å². The Kier molecular flexibility index (Phi) is 6.02. The summed E-state index contributed by atoms with van der Waals surface area (Å²) in [6.45, 7) is 8.20. The third-order valence-electron chi connectivity index (χ3n) is 5.17. The van der Waals surface area contributed by atoms with Crippen LogP contribution < -0.4 is 15.7 Å². The Morgan fingerprint density at radius 3 is 2.91 bits per heavy atom. The van der Waals surface area contributed by atoms with Gasteiger partial charge in [-0.1, -0.05) is 12.6 Å². The average Bonchev–Trinajstić information content (AvgIpc) is 3.19. The summed E-state index contributed by atoms with van der Waals surface area (Å²) < 4.78 is 12.9. The van der Waals surface area contributed by atoms with E-state index >= 15 is 0 Å². The Balaban J connectivity index is 1.43. The summed E-state index contributed by atoms with van der Waals surface area (Å²) in [6.07, 6.45) is 2.29. The van der Waals surface area contributed by atoms with E-state index in [1.807, 2.05) is 54.8 Å². The number of hydrogen-bond donors (Lipinski definition) is 1. The number of aromatic nitrogens is 3. The number of fused-ring (bicyclic) bond motifs is 2. The van der Waals surface area contributed by atoms with E-state index in [-0.39, 0.29) is 25.3 Å². The van der Waals surface area contributed by atoms with Crippen LogP contribution >= 0.6 is 0 Å². The molecule has 4 aromatic rings. The molecule has 0 saturated heterocycles. The van der Waals surface area contributed by atoms with Crippen LogP contribution in [0.25, 0.3) is 16.6 Å². The van der Waals surface area contributed by atoms with Crippen LogP contribution in [-0.2, 0) is 17.8 Å². The second-order valence-electron chi connectivity index (χ2n) is 7.72. The summed E-state index contributed by atoms with van der Waals surface area (Å²) in [5, 5.41) is 11.8. The molecule has 0 spiro atoms. The molecule has 0 aliphatic rings. The first-order valence-electron chi connectivity index (χ1n) is 10.3. The highest BCUT2D eigenvalue weighted by Gasteiger charge is 2.14. The molecular weight excluding hydrogens is 408 g/mol. The van der Waals surface area contributed by atoms with Crippen LogP contribution in [0.1, 0.15) is 30.3 Å². The fourth-order valence-corrected chi connectivity index (χ4v) is 3.48. The number of hydrogen-bond acceptors (Lipinski definition) is 6. The standard InChI is InChI=1S/C24H24N4O4/c1-15(2)14-31-17-7-8-18-16(3)19(24(30)32-20(18)12-17)9-10-23(29)25-13-22-27-26-21-6-4-5-11-28(21)22/h4-8,11-12H,1,9-10,13-14H2,2-3H3,(H,25,29). The fraction of sp³-hybridized carbons (Fsp3) is 0.250. The van der Waals surface area contributed by atoms with Crippen LogP contribution in [0.2, 0.25) is 0 Å². The van der Waals surface area contributed by atoms with Crippen molar-refractivity contribution in [1.29, 1.82) is 0 Å². The van der Waals surface area contributed by atoms with Gasteiger partial charge in [0.2, 0.25) is 5.91 Å². The van der Waals surface area contributed by atoms with Gasteiger partial charge in [0.1, 0.15) is 17.9 Å². The molecule has 1 N–H and O–H groups in total. The molecule has 3 aromatic heterocycles. The van der Waals surface area contributed by atoms with Crippen LogP contribution in [0.4, 0.5) is 0 Å². The third-order valence-corrected chi connectivity index (χ3v) is 5.17. The minimum absolute atomic E-state index is 0.160. The molecule has 1 aromatic carbocycles. The van der Waals surface area contributed by atoms with Crippen molar-refractivity contribution in [2.24, 2.45) is 0 Å². The fourth-order valence-electron chi connectivity index (χ4n) is 3.48. The Morgan fingerprint density at radius 2 is 2.09 bits per heavy atom. The van der Waals surface area contributed by atoms with Crippen molar-refractivity contribution in [2.45, 2.75) is 33.2 Å². The van der Waals surface area contributed by atoms with E-state index in [4.69, 9.17) is 9.15 Å². The molecule has 0 unspecified atom stereocenters. The Hall–Kier alpha value is -3.94. The molecular formula is C24H24N4O4. The predicted octanol–water partition coefficient (Wildman–Crippen LogP) is 3.35. The normalized spacial score (nSPS) is 11.1. The van der Waals surface area contributed by atoms with E-state index in [2.05, 4.69) is 22.1 Å². The smallest absolute Gasteiger partial charge is 0.339 e. The lowest BCUT2D eigenvalue weighted by molar-refractivity contribution is -0.121. The van der Waals surface area contributed by atoms with E-state index < -0.39 is 5.63 Å². The number of carbonyl (C=O) groups excluding carboxylic acids is 1. The number of rotatable bonds is 8. The molecule has 8 nitrogen and oxygen atoms in total. The highest BCUT2D eigenvalue weighted by Crippen LogP contribution is 2.25. The first-order valence-corrected chi connectivity index (χ1v) is 10.3. The summed E-state index contributed by atoms with van der Waals surface area (Å²) in [6, 6.07) is 11.0. The summed E-state index contributed by atoms with van der Waals surface area (Å²) >= 11 is 0. The zero-order valence-electron chi connectivity index (χ0n) is 18.1. The van der Waals surface area contributed by atoms with Gasteiger partial charge in [0.15, 0.2) is 11.5 Å². The van der Waals surface area contributed by atoms with Crippen LogP contribution in [0, 0.1) is 6.92 Å². The lowest BCUT2D eigenvalue weighted by atomic mass is 10.0. The topological polar surface area (TPSA) is 98.7 Å². The number of nitrogens with zero attached hydrogens (tertiary/aromatic N) is 3. The lowest BCUT2D eigenvalue weighted by Crippen LogP contribution is -2.25. The molecule has 0 bridgehead atoms. The lowest BCUT2D eigenvalue weighted by Gasteiger charge is -2.10. The molecule has 0 radical (unpaired) electrons. The van der Waals surface area contributed by atoms with Gasteiger partial charge in [0.25, 0.3) is 0 Å². The second-order valence-corrected chi connectivity index (χ2v) is 7.72. The molecule has 0 aliphatic heterocycles. The van der Waals surface area contributed by atoms with Gasteiger partial charge < -0.3 is 14.5 Å². The molecule has 164 valence electrons. The number of amides is 1. The van der Waals surface area contributed by atoms with Gasteiger partial charge in [-0.15, -0.1) is 10.2 Å². The molecule has 8 heteroatoms. The van der Waals surface area contributed by atoms with E-state index in [1.54, 1.807) is 6.07 Å². The van der Waals surface area contributed by atoms with E-state index in [0.717, 1.165) is 16.5 Å². The maximum absolute atomic E-state index is 12.6. The van der Waals surface area contributed by atoms with Crippen molar-refractivity contribution in [3.8, 4) is 5.75 Å². The van der Waals surface area contributed by atoms with Crippen LogP contribution in [0.3, 0.4) is 0 Å². The van der Waals surface area contributed by atoms with Gasteiger partial charge in [-0.2, -0.15) is 0 Å². The van der Waals surface area contributed by atoms with Crippen molar-refractivity contribution in [3.05, 3.63) is 82.1 Å². The van der Waals surface area contributed by atoms with Gasteiger partial charge in [-0.3, -0.25) is 9.20 Å². The maximum atomic E-state index is 12.6. The molecule has 4 rings (SSSR count). The van der Waals surface area contributed by atoms with E-state index in [9.17, 15) is 9.59 Å². The monoisotopic (exact) mass is 432 g/mol. The van der Waals surface area contributed by atoms with Crippen molar-refractivity contribution in [1.82, 2.24) is 19.9 Å². The third kappa shape index (κ3) is 4.54. The number of benzene rings is 1. The predicted molar refractivity (Wildman–Crippen MR) is 121 cm³/mol. The number of nitrogens with one attached hydrogen (secondary N) is 1. The number of carbonyl (C=O) groups is 1. The Bertz CT molecular complexity index is 1370. The number of pyridine rings is 1. The Labute approximate surface area is 184 Å². The first-order chi connectivity index (χ1) is 15.4. The van der Waals surface area contributed by atoms with Crippen molar-refractivity contribution in [2.75, 3.05) is 6.61 Å². The maximum Gasteiger partial charge on any atom is 0.339 e. The van der Waals surface area contributed by atoms with Crippen LogP contribution in [0.5, 0.6) is 5.75 Å². The summed E-state index contributed by atoms with van der Waals surface area (Å²) in [5.74, 6) is 1.07. The van der Waals surface area contributed by atoms with Crippen LogP contribution in [0.15, 0.2) is 64.0 Å². The minimum Gasteiger partial charge on any atom is -0.489 e. The first kappa shape index (κ1) is 21.3. The Morgan fingerprint density at radius 1 is 1.25 bits per heavy atom. The van der Waals surface area contributed by atoms with Gasteiger partial charge in [-0.05, 0) is 55.7 Å². The SMILES string of the molecule is C=C(C)COc1ccc2c(C)c(CCC(=O)NCc3nnc4ccccn34)c(=O)oc2c1. The second kappa shape index (κ2) is 9.05.